The summed E-state index contributed by atoms with van der Waals surface area (Å²) in [6.45, 7) is 1.32. The van der Waals surface area contributed by atoms with Gasteiger partial charge in [0.15, 0.2) is 0 Å². The number of methoxy groups -OCH3 is 1. The highest BCUT2D eigenvalue weighted by atomic mass is 19.4. The van der Waals surface area contributed by atoms with Gasteiger partial charge in [0.2, 0.25) is 0 Å². The van der Waals surface area contributed by atoms with Crippen LogP contribution in [0.5, 0.6) is 0 Å². The molecule has 0 aromatic heterocycles. The number of carbonyl (C=O) groups is 2. The van der Waals surface area contributed by atoms with E-state index in [0.29, 0.717) is 12.1 Å². The van der Waals surface area contributed by atoms with Gasteiger partial charge in [-0.05, 0) is 19.1 Å². The predicted molar refractivity (Wildman–Crippen MR) is 69.2 cm³/mol. The standard InChI is InChI=1S/C12H14F3N3O3/c1-5(11(20)21-2)18-10(19)7-3-6(12(13,14)15)4-8(16)9(7)17/h3-5H,16-17H2,1-2H3,(H,18,19). The quantitative estimate of drug-likeness (QED) is 0.574. The molecule has 0 fully saturated rings. The molecule has 0 radical (unpaired) electrons. The largest absolute Gasteiger partial charge is 0.467 e. The number of benzene rings is 1. The molecule has 0 bridgehead atoms. The second-order valence-electron chi connectivity index (χ2n) is 4.24. The molecule has 0 aliphatic rings. The Hall–Kier alpha value is -2.45. The van der Waals surface area contributed by atoms with Crippen molar-refractivity contribution in [3.8, 4) is 0 Å². The zero-order valence-corrected chi connectivity index (χ0v) is 11.2. The van der Waals surface area contributed by atoms with E-state index >= 15 is 0 Å². The monoisotopic (exact) mass is 305 g/mol. The van der Waals surface area contributed by atoms with E-state index in [2.05, 4.69) is 10.1 Å². The number of alkyl halides is 3. The van der Waals surface area contributed by atoms with Gasteiger partial charge < -0.3 is 21.5 Å². The topological polar surface area (TPSA) is 107 Å². The van der Waals surface area contributed by atoms with Gasteiger partial charge in [0.1, 0.15) is 6.04 Å². The molecule has 0 aliphatic carbocycles. The number of esters is 1. The number of nitrogens with two attached hydrogens (primary N) is 2. The van der Waals surface area contributed by atoms with Crippen molar-refractivity contribution in [3.05, 3.63) is 23.3 Å². The van der Waals surface area contributed by atoms with E-state index in [1.807, 2.05) is 0 Å². The molecule has 1 unspecified atom stereocenters. The van der Waals surface area contributed by atoms with Gasteiger partial charge >= 0.3 is 12.1 Å². The third kappa shape index (κ3) is 3.77. The Kier molecular flexibility index (Phi) is 4.66. The highest BCUT2D eigenvalue weighted by Gasteiger charge is 2.33. The van der Waals surface area contributed by atoms with Gasteiger partial charge in [-0.3, -0.25) is 4.79 Å². The van der Waals surface area contributed by atoms with Crippen molar-refractivity contribution in [2.45, 2.75) is 19.1 Å². The molecule has 1 amide bonds. The molecule has 116 valence electrons. The summed E-state index contributed by atoms with van der Waals surface area (Å²) < 4.78 is 42.4. The van der Waals surface area contributed by atoms with Crippen molar-refractivity contribution in [2.75, 3.05) is 18.6 Å². The van der Waals surface area contributed by atoms with Crippen LogP contribution in [0.15, 0.2) is 12.1 Å². The maximum atomic E-state index is 12.7. The summed E-state index contributed by atoms with van der Waals surface area (Å²) in [7, 11) is 1.11. The minimum Gasteiger partial charge on any atom is -0.467 e. The number of carbonyl (C=O) groups excluding carboxylic acids is 2. The van der Waals surface area contributed by atoms with Crippen LogP contribution in [-0.2, 0) is 15.7 Å². The van der Waals surface area contributed by atoms with Crippen molar-refractivity contribution in [1.29, 1.82) is 0 Å². The average molecular weight is 305 g/mol. The van der Waals surface area contributed by atoms with E-state index in [1.165, 1.54) is 6.92 Å². The number of hydrogen-bond acceptors (Lipinski definition) is 5. The second-order valence-corrected chi connectivity index (χ2v) is 4.24. The summed E-state index contributed by atoms with van der Waals surface area (Å²) in [6, 6.07) is 0.165. The van der Waals surface area contributed by atoms with E-state index in [-0.39, 0.29) is 11.4 Å². The van der Waals surface area contributed by atoms with Crippen LogP contribution in [0.25, 0.3) is 0 Å². The van der Waals surface area contributed by atoms with Crippen molar-refractivity contribution >= 4 is 23.3 Å². The summed E-state index contributed by atoms with van der Waals surface area (Å²) >= 11 is 0. The summed E-state index contributed by atoms with van der Waals surface area (Å²) in [5, 5.41) is 2.18. The maximum Gasteiger partial charge on any atom is 0.416 e. The Morgan fingerprint density at radius 2 is 1.86 bits per heavy atom. The molecule has 0 saturated heterocycles. The molecule has 9 heteroatoms. The molecule has 6 nitrogen and oxygen atoms in total. The molecule has 0 heterocycles. The third-order valence-corrected chi connectivity index (χ3v) is 2.69. The lowest BCUT2D eigenvalue weighted by molar-refractivity contribution is -0.142. The lowest BCUT2D eigenvalue weighted by Crippen LogP contribution is -2.39. The first-order valence-electron chi connectivity index (χ1n) is 5.72. The SMILES string of the molecule is COC(=O)C(C)NC(=O)c1cc(C(F)(F)F)cc(N)c1N. The lowest BCUT2D eigenvalue weighted by Gasteiger charge is -2.15. The molecular formula is C12H14F3N3O3. The highest BCUT2D eigenvalue weighted by molar-refractivity contribution is 6.03. The van der Waals surface area contributed by atoms with E-state index in [0.717, 1.165) is 7.11 Å². The molecular weight excluding hydrogens is 291 g/mol. The molecule has 5 N–H and O–H groups in total. The third-order valence-electron chi connectivity index (χ3n) is 2.69. The first-order chi connectivity index (χ1) is 9.57. The van der Waals surface area contributed by atoms with Gasteiger partial charge in [0, 0.05) is 0 Å². The van der Waals surface area contributed by atoms with E-state index in [1.54, 1.807) is 0 Å². The summed E-state index contributed by atoms with van der Waals surface area (Å²) in [5.41, 5.74) is 8.65. The van der Waals surface area contributed by atoms with Gasteiger partial charge in [0.05, 0.1) is 29.6 Å². The van der Waals surface area contributed by atoms with Crippen LogP contribution < -0.4 is 16.8 Å². The molecule has 1 rings (SSSR count). The Morgan fingerprint density at radius 3 is 2.33 bits per heavy atom. The molecule has 0 spiro atoms. The number of halogens is 3. The van der Waals surface area contributed by atoms with Crippen molar-refractivity contribution < 1.29 is 27.5 Å². The summed E-state index contributed by atoms with van der Waals surface area (Å²) in [4.78, 5) is 23.1. The smallest absolute Gasteiger partial charge is 0.416 e. The first-order valence-corrected chi connectivity index (χ1v) is 5.72. The van der Waals surface area contributed by atoms with Gasteiger partial charge in [-0.1, -0.05) is 0 Å². The van der Waals surface area contributed by atoms with Gasteiger partial charge in [-0.15, -0.1) is 0 Å². The molecule has 1 aromatic rings. The van der Waals surface area contributed by atoms with E-state index < -0.39 is 35.2 Å². The number of hydrogen-bond donors (Lipinski definition) is 3. The molecule has 0 saturated carbocycles. The average Bonchev–Trinajstić information content (AvgIpc) is 2.39. The van der Waals surface area contributed by atoms with Crippen LogP contribution in [0, 0.1) is 0 Å². The van der Waals surface area contributed by atoms with Crippen molar-refractivity contribution in [1.82, 2.24) is 5.32 Å². The van der Waals surface area contributed by atoms with Gasteiger partial charge in [-0.25, -0.2) is 4.79 Å². The zero-order valence-electron chi connectivity index (χ0n) is 11.2. The summed E-state index contributed by atoms with van der Waals surface area (Å²) in [5.74, 6) is -1.70. The number of rotatable bonds is 3. The lowest BCUT2D eigenvalue weighted by atomic mass is 10.1. The van der Waals surface area contributed by atoms with Crippen LogP contribution in [0.3, 0.4) is 0 Å². The fraction of sp³-hybridized carbons (Fsp3) is 0.333. The van der Waals surface area contributed by atoms with Gasteiger partial charge in [-0.2, -0.15) is 13.2 Å². The maximum absolute atomic E-state index is 12.7. The number of nitrogens with one attached hydrogen (secondary N) is 1. The number of nitrogen functional groups attached to an aromatic ring is 2. The van der Waals surface area contributed by atoms with E-state index in [9.17, 15) is 22.8 Å². The van der Waals surface area contributed by atoms with Crippen LogP contribution in [0.2, 0.25) is 0 Å². The Bertz CT molecular complexity index is 573. The van der Waals surface area contributed by atoms with Crippen LogP contribution in [0.1, 0.15) is 22.8 Å². The molecule has 1 atom stereocenters. The fourth-order valence-corrected chi connectivity index (χ4v) is 1.54. The minimum absolute atomic E-state index is 0.294. The van der Waals surface area contributed by atoms with Crippen LogP contribution in [0.4, 0.5) is 24.5 Å². The predicted octanol–water partition coefficient (Wildman–Crippen LogP) is 1.16. The molecule has 0 aliphatic heterocycles. The summed E-state index contributed by atoms with van der Waals surface area (Å²) in [6.07, 6.45) is -4.68. The Labute approximate surface area is 118 Å². The zero-order chi connectivity index (χ0) is 16.4. The first kappa shape index (κ1) is 16.6. The normalized spacial score (nSPS) is 12.6. The molecule has 1 aromatic carbocycles. The van der Waals surface area contributed by atoms with Crippen molar-refractivity contribution in [2.24, 2.45) is 0 Å². The minimum atomic E-state index is -4.68. The fourth-order valence-electron chi connectivity index (χ4n) is 1.54. The van der Waals surface area contributed by atoms with E-state index in [4.69, 9.17) is 11.5 Å². The Balaban J connectivity index is 3.15. The van der Waals surface area contributed by atoms with Crippen LogP contribution >= 0.6 is 0 Å². The molecule has 21 heavy (non-hydrogen) atoms. The van der Waals surface area contributed by atoms with Crippen molar-refractivity contribution in [3.63, 3.8) is 0 Å². The number of ether oxygens (including phenoxy) is 1. The number of anilines is 2. The highest BCUT2D eigenvalue weighted by Crippen LogP contribution is 2.34. The number of amides is 1. The Morgan fingerprint density at radius 1 is 1.29 bits per heavy atom. The van der Waals surface area contributed by atoms with Gasteiger partial charge in [0.25, 0.3) is 5.91 Å². The second kappa shape index (κ2) is 5.90. The van der Waals surface area contributed by atoms with Crippen LogP contribution in [-0.4, -0.2) is 25.0 Å².